The third-order valence-electron chi connectivity index (χ3n) is 3.62. The highest BCUT2D eigenvalue weighted by Gasteiger charge is 2.24. The lowest BCUT2D eigenvalue weighted by Gasteiger charge is -2.20. The second-order valence-electron chi connectivity index (χ2n) is 5.44. The predicted molar refractivity (Wildman–Crippen MR) is 89.0 cm³/mol. The van der Waals surface area contributed by atoms with E-state index in [0.717, 1.165) is 11.1 Å². The number of nitrogens with one attached hydrogen (secondary N) is 1. The molecule has 2 aromatic rings. The first kappa shape index (κ1) is 16.7. The van der Waals surface area contributed by atoms with Gasteiger partial charge in [-0.2, -0.15) is 0 Å². The molecule has 1 amide bonds. The summed E-state index contributed by atoms with van der Waals surface area (Å²) in [6.07, 6.45) is 0.151. The minimum absolute atomic E-state index is 0.126. The Hall–Kier alpha value is -2.62. The number of benzene rings is 2. The molecular weight excluding hydrogens is 290 g/mol. The highest BCUT2D eigenvalue weighted by molar-refractivity contribution is 5.87. The summed E-state index contributed by atoms with van der Waals surface area (Å²) in [6, 6.07) is 18.9. The van der Waals surface area contributed by atoms with Crippen molar-refractivity contribution in [1.82, 2.24) is 5.32 Å². The number of hydrogen-bond donors (Lipinski definition) is 1. The smallest absolute Gasteiger partial charge is 0.307 e. The Morgan fingerprint density at radius 1 is 0.957 bits per heavy atom. The summed E-state index contributed by atoms with van der Waals surface area (Å²) in [4.78, 5) is 24.1. The molecule has 2 rings (SSSR count). The van der Waals surface area contributed by atoms with Gasteiger partial charge in [0.2, 0.25) is 5.91 Å². The van der Waals surface area contributed by atoms with Crippen molar-refractivity contribution in [2.24, 2.45) is 0 Å². The molecule has 0 radical (unpaired) electrons. The Kier molecular flexibility index (Phi) is 5.92. The first-order chi connectivity index (χ1) is 11.1. The quantitative estimate of drug-likeness (QED) is 0.835. The second-order valence-corrected chi connectivity index (χ2v) is 5.44. The molecule has 4 heteroatoms. The molecule has 120 valence electrons. The fourth-order valence-electron chi connectivity index (χ4n) is 2.50. The van der Waals surface area contributed by atoms with E-state index in [9.17, 15) is 9.59 Å². The van der Waals surface area contributed by atoms with Crippen LogP contribution in [-0.4, -0.2) is 25.0 Å². The Morgan fingerprint density at radius 2 is 1.43 bits per heavy atom. The maximum Gasteiger partial charge on any atom is 0.307 e. The number of carbonyl (C=O) groups excluding carboxylic acids is 2. The lowest BCUT2D eigenvalue weighted by Crippen LogP contribution is -2.38. The Balaban J connectivity index is 2.21. The molecule has 0 bridgehead atoms. The molecule has 0 aliphatic heterocycles. The van der Waals surface area contributed by atoms with E-state index in [4.69, 9.17) is 0 Å². The summed E-state index contributed by atoms with van der Waals surface area (Å²) in [5, 5.41) is 2.90. The van der Waals surface area contributed by atoms with Gasteiger partial charge in [-0.25, -0.2) is 0 Å². The largest absolute Gasteiger partial charge is 0.469 e. The Morgan fingerprint density at radius 3 is 1.87 bits per heavy atom. The van der Waals surface area contributed by atoms with Gasteiger partial charge in [0, 0.05) is 6.04 Å². The third kappa shape index (κ3) is 4.68. The van der Waals surface area contributed by atoms with Gasteiger partial charge in [-0.1, -0.05) is 60.7 Å². The molecule has 2 aromatic carbocycles. The SMILES string of the molecule is COC(=O)CC(C)NC(=O)C(c1ccccc1)c1ccccc1. The average molecular weight is 311 g/mol. The number of esters is 1. The van der Waals surface area contributed by atoms with Gasteiger partial charge in [0.15, 0.2) is 0 Å². The molecule has 0 heterocycles. The molecule has 1 N–H and O–H groups in total. The van der Waals surface area contributed by atoms with E-state index < -0.39 is 5.92 Å². The standard InChI is InChI=1S/C19H21NO3/c1-14(13-17(21)23-2)20-19(22)18(15-9-5-3-6-10-15)16-11-7-4-8-12-16/h3-12,14,18H,13H2,1-2H3,(H,20,22). The van der Waals surface area contributed by atoms with Crippen LogP contribution in [0, 0.1) is 0 Å². The zero-order valence-corrected chi connectivity index (χ0v) is 13.4. The van der Waals surface area contributed by atoms with E-state index in [-0.39, 0.29) is 24.3 Å². The molecule has 0 spiro atoms. The lowest BCUT2D eigenvalue weighted by atomic mass is 9.90. The van der Waals surface area contributed by atoms with Crippen LogP contribution in [0.25, 0.3) is 0 Å². The third-order valence-corrected chi connectivity index (χ3v) is 3.62. The predicted octanol–water partition coefficient (Wildman–Crippen LogP) is 2.89. The summed E-state index contributed by atoms with van der Waals surface area (Å²) < 4.78 is 4.64. The van der Waals surface area contributed by atoms with Gasteiger partial charge in [-0.05, 0) is 18.1 Å². The van der Waals surface area contributed by atoms with Gasteiger partial charge >= 0.3 is 5.97 Å². The van der Waals surface area contributed by atoms with Gasteiger partial charge < -0.3 is 10.1 Å². The minimum Gasteiger partial charge on any atom is -0.469 e. The highest BCUT2D eigenvalue weighted by Crippen LogP contribution is 2.24. The Bertz CT molecular complexity index is 601. The van der Waals surface area contributed by atoms with Crippen LogP contribution in [0.3, 0.4) is 0 Å². The molecule has 0 aliphatic rings. The normalized spacial score (nSPS) is 11.8. The topological polar surface area (TPSA) is 55.4 Å². The van der Waals surface area contributed by atoms with E-state index in [0.29, 0.717) is 0 Å². The van der Waals surface area contributed by atoms with Crippen molar-refractivity contribution in [3.63, 3.8) is 0 Å². The van der Waals surface area contributed by atoms with Crippen LogP contribution in [0.4, 0.5) is 0 Å². The molecular formula is C19H21NO3. The minimum atomic E-state index is -0.405. The van der Waals surface area contributed by atoms with E-state index in [1.165, 1.54) is 7.11 Å². The summed E-state index contributed by atoms with van der Waals surface area (Å²) in [6.45, 7) is 1.79. The Labute approximate surface area is 136 Å². The van der Waals surface area contributed by atoms with Crippen molar-refractivity contribution < 1.29 is 14.3 Å². The average Bonchev–Trinajstić information content (AvgIpc) is 2.56. The molecule has 23 heavy (non-hydrogen) atoms. The molecule has 4 nitrogen and oxygen atoms in total. The zero-order valence-electron chi connectivity index (χ0n) is 13.4. The molecule has 0 aliphatic carbocycles. The first-order valence-corrected chi connectivity index (χ1v) is 7.59. The number of methoxy groups -OCH3 is 1. The van der Waals surface area contributed by atoms with Gasteiger partial charge in [0.1, 0.15) is 0 Å². The molecule has 0 saturated carbocycles. The maximum absolute atomic E-state index is 12.8. The van der Waals surface area contributed by atoms with Crippen molar-refractivity contribution in [2.75, 3.05) is 7.11 Å². The number of amides is 1. The molecule has 0 aromatic heterocycles. The lowest BCUT2D eigenvalue weighted by molar-refractivity contribution is -0.141. The molecule has 1 atom stereocenters. The van der Waals surface area contributed by atoms with Gasteiger partial charge in [0.05, 0.1) is 19.4 Å². The van der Waals surface area contributed by atoms with Crippen molar-refractivity contribution in [2.45, 2.75) is 25.3 Å². The van der Waals surface area contributed by atoms with Crippen LogP contribution >= 0.6 is 0 Å². The molecule has 0 fully saturated rings. The molecule has 0 saturated heterocycles. The van der Waals surface area contributed by atoms with Crippen molar-refractivity contribution in [1.29, 1.82) is 0 Å². The van der Waals surface area contributed by atoms with Gasteiger partial charge in [-0.15, -0.1) is 0 Å². The van der Waals surface area contributed by atoms with E-state index in [1.807, 2.05) is 60.7 Å². The van der Waals surface area contributed by atoms with Gasteiger partial charge in [0.25, 0.3) is 0 Å². The van der Waals surface area contributed by atoms with Gasteiger partial charge in [-0.3, -0.25) is 9.59 Å². The number of ether oxygens (including phenoxy) is 1. The number of hydrogen-bond acceptors (Lipinski definition) is 3. The van der Waals surface area contributed by atoms with Crippen LogP contribution in [0.15, 0.2) is 60.7 Å². The maximum atomic E-state index is 12.8. The van der Waals surface area contributed by atoms with Crippen LogP contribution < -0.4 is 5.32 Å². The molecule has 1 unspecified atom stereocenters. The fourth-order valence-corrected chi connectivity index (χ4v) is 2.50. The summed E-state index contributed by atoms with van der Waals surface area (Å²) in [5.41, 5.74) is 1.84. The second kappa shape index (κ2) is 8.13. The van der Waals surface area contributed by atoms with E-state index in [2.05, 4.69) is 10.1 Å². The zero-order chi connectivity index (χ0) is 16.7. The van der Waals surface area contributed by atoms with Crippen LogP contribution in [0.1, 0.15) is 30.4 Å². The van der Waals surface area contributed by atoms with Crippen LogP contribution in [0.5, 0.6) is 0 Å². The van der Waals surface area contributed by atoms with Crippen LogP contribution in [-0.2, 0) is 14.3 Å². The highest BCUT2D eigenvalue weighted by atomic mass is 16.5. The van der Waals surface area contributed by atoms with Crippen molar-refractivity contribution in [3.8, 4) is 0 Å². The number of carbonyl (C=O) groups is 2. The fraction of sp³-hybridized carbons (Fsp3) is 0.263. The van der Waals surface area contributed by atoms with Crippen molar-refractivity contribution >= 4 is 11.9 Å². The summed E-state index contributed by atoms with van der Waals surface area (Å²) in [5.74, 6) is -0.870. The van der Waals surface area contributed by atoms with E-state index in [1.54, 1.807) is 6.92 Å². The van der Waals surface area contributed by atoms with Crippen LogP contribution in [0.2, 0.25) is 0 Å². The monoisotopic (exact) mass is 311 g/mol. The summed E-state index contributed by atoms with van der Waals surface area (Å²) >= 11 is 0. The van der Waals surface area contributed by atoms with Crippen molar-refractivity contribution in [3.05, 3.63) is 71.8 Å². The first-order valence-electron chi connectivity index (χ1n) is 7.59. The summed E-state index contributed by atoms with van der Waals surface area (Å²) in [7, 11) is 1.34. The number of rotatable bonds is 6. The van der Waals surface area contributed by atoms with E-state index >= 15 is 0 Å².